The van der Waals surface area contributed by atoms with Gasteiger partial charge < -0.3 is 15.4 Å². The number of aliphatic imine (C=N–C) groups is 1. The number of nitrogens with one attached hydrogen (secondary N) is 2. The molecule has 1 saturated heterocycles. The Kier molecular flexibility index (Phi) is 7.57. The van der Waals surface area contributed by atoms with Gasteiger partial charge in [-0.05, 0) is 32.3 Å². The molecule has 2 heterocycles. The van der Waals surface area contributed by atoms with Gasteiger partial charge in [-0.15, -0.1) is 24.0 Å². The Balaban J connectivity index is 0.00000243. The van der Waals surface area contributed by atoms with E-state index in [9.17, 15) is 8.42 Å². The largest absolute Gasteiger partial charge is 0.493 e. The van der Waals surface area contributed by atoms with Crippen LogP contribution in [0.2, 0.25) is 0 Å². The van der Waals surface area contributed by atoms with Crippen molar-refractivity contribution in [1.82, 2.24) is 10.6 Å². The van der Waals surface area contributed by atoms with E-state index >= 15 is 0 Å². The minimum absolute atomic E-state index is 0. The molecule has 26 heavy (non-hydrogen) atoms. The zero-order valence-electron chi connectivity index (χ0n) is 15.3. The van der Waals surface area contributed by atoms with E-state index < -0.39 is 9.84 Å². The van der Waals surface area contributed by atoms with Crippen LogP contribution in [-0.4, -0.2) is 51.6 Å². The fourth-order valence-corrected chi connectivity index (χ4v) is 5.32. The number of guanidine groups is 1. The van der Waals surface area contributed by atoms with Crippen LogP contribution >= 0.6 is 24.0 Å². The van der Waals surface area contributed by atoms with E-state index in [-0.39, 0.29) is 47.6 Å². The van der Waals surface area contributed by atoms with E-state index in [1.54, 1.807) is 0 Å². The maximum Gasteiger partial charge on any atom is 0.191 e. The van der Waals surface area contributed by atoms with Gasteiger partial charge in [0.25, 0.3) is 0 Å². The van der Waals surface area contributed by atoms with Crippen LogP contribution in [0.1, 0.15) is 31.7 Å². The molecule has 2 N–H and O–H groups in total. The minimum Gasteiger partial charge on any atom is -0.493 e. The first-order valence-electron chi connectivity index (χ1n) is 8.95. The zero-order valence-corrected chi connectivity index (χ0v) is 18.4. The highest BCUT2D eigenvalue weighted by atomic mass is 127. The monoisotopic (exact) mass is 493 g/mol. The lowest BCUT2D eigenvalue weighted by Crippen LogP contribution is -2.45. The first-order valence-corrected chi connectivity index (χ1v) is 10.8. The van der Waals surface area contributed by atoms with Gasteiger partial charge in [-0.3, -0.25) is 4.99 Å². The summed E-state index contributed by atoms with van der Waals surface area (Å²) in [5.41, 5.74) is 1.22. The Hall–Kier alpha value is -1.03. The van der Waals surface area contributed by atoms with Crippen molar-refractivity contribution < 1.29 is 13.2 Å². The van der Waals surface area contributed by atoms with Crippen molar-refractivity contribution in [3.8, 4) is 5.75 Å². The van der Waals surface area contributed by atoms with Gasteiger partial charge in [0.15, 0.2) is 15.8 Å². The molecular formula is C18H28IN3O3S. The molecule has 3 atom stereocenters. The van der Waals surface area contributed by atoms with Crippen molar-refractivity contribution in [2.75, 3.05) is 31.2 Å². The highest BCUT2D eigenvalue weighted by Gasteiger charge is 2.30. The number of benzene rings is 1. The number of ether oxygens (including phenoxy) is 1. The number of para-hydroxylation sites is 1. The third-order valence-corrected chi connectivity index (χ3v) is 6.72. The van der Waals surface area contributed by atoms with Crippen LogP contribution < -0.4 is 15.4 Å². The van der Waals surface area contributed by atoms with E-state index in [1.807, 2.05) is 25.1 Å². The third-order valence-electron chi connectivity index (χ3n) is 4.88. The number of hydrogen-bond acceptors (Lipinski definition) is 4. The van der Waals surface area contributed by atoms with Crippen molar-refractivity contribution in [2.24, 2.45) is 10.9 Å². The number of sulfone groups is 1. The Morgan fingerprint density at radius 1 is 1.38 bits per heavy atom. The van der Waals surface area contributed by atoms with E-state index in [0.717, 1.165) is 18.3 Å². The molecule has 0 radical (unpaired) electrons. The molecule has 6 nitrogen and oxygen atoms in total. The predicted molar refractivity (Wildman–Crippen MR) is 115 cm³/mol. The summed E-state index contributed by atoms with van der Waals surface area (Å²) in [5.74, 6) is 2.65. The van der Waals surface area contributed by atoms with Gasteiger partial charge in [-0.1, -0.05) is 18.2 Å². The van der Waals surface area contributed by atoms with Crippen LogP contribution in [0.3, 0.4) is 0 Å². The maximum absolute atomic E-state index is 11.6. The standard InChI is InChI=1S/C18H27N3O3S.HI/c1-3-19-18(20-10-14-8-9-25(22,23)12-14)21-13(2)16-11-24-17-7-5-4-6-15(16)17;/h4-7,13-14,16H,3,8-12H2,1-2H3,(H2,19,20,21);1H. The van der Waals surface area contributed by atoms with Gasteiger partial charge >= 0.3 is 0 Å². The summed E-state index contributed by atoms with van der Waals surface area (Å²) in [6.45, 7) is 6.12. The lowest BCUT2D eigenvalue weighted by molar-refractivity contribution is 0.312. The van der Waals surface area contributed by atoms with E-state index in [2.05, 4.69) is 28.6 Å². The number of rotatable bonds is 5. The SMILES string of the molecule is CCNC(=NCC1CCS(=O)(=O)C1)NC(C)C1COc2ccccc21.I. The molecule has 2 aliphatic heterocycles. The number of hydrogen-bond donors (Lipinski definition) is 2. The fourth-order valence-electron chi connectivity index (χ4n) is 3.47. The lowest BCUT2D eigenvalue weighted by atomic mass is 9.94. The maximum atomic E-state index is 11.6. The second-order valence-corrected chi connectivity index (χ2v) is 9.11. The smallest absolute Gasteiger partial charge is 0.191 e. The van der Waals surface area contributed by atoms with Gasteiger partial charge in [0.1, 0.15) is 5.75 Å². The van der Waals surface area contributed by atoms with Crippen molar-refractivity contribution in [1.29, 1.82) is 0 Å². The van der Waals surface area contributed by atoms with Crippen LogP contribution in [-0.2, 0) is 9.84 Å². The lowest BCUT2D eigenvalue weighted by Gasteiger charge is -2.23. The average molecular weight is 493 g/mol. The summed E-state index contributed by atoms with van der Waals surface area (Å²) in [6.07, 6.45) is 0.713. The molecule has 0 amide bonds. The number of nitrogens with zero attached hydrogens (tertiary/aromatic N) is 1. The molecule has 1 aromatic rings. The Bertz CT molecular complexity index is 739. The molecule has 3 unspecified atom stereocenters. The molecule has 0 spiro atoms. The topological polar surface area (TPSA) is 79.8 Å². The normalized spacial score (nSPS) is 24.9. The van der Waals surface area contributed by atoms with Crippen LogP contribution in [0.4, 0.5) is 0 Å². The van der Waals surface area contributed by atoms with Gasteiger partial charge in [-0.2, -0.15) is 0 Å². The van der Waals surface area contributed by atoms with Gasteiger partial charge in [0.2, 0.25) is 0 Å². The molecule has 1 aromatic carbocycles. The summed E-state index contributed by atoms with van der Waals surface area (Å²) < 4.78 is 28.9. The predicted octanol–water partition coefficient (Wildman–Crippen LogP) is 2.16. The van der Waals surface area contributed by atoms with E-state index in [1.165, 1.54) is 5.56 Å². The number of fused-ring (bicyclic) bond motifs is 1. The molecule has 146 valence electrons. The summed E-state index contributed by atoms with van der Waals surface area (Å²) in [5, 5.41) is 6.71. The van der Waals surface area contributed by atoms with Crippen LogP contribution in [0.5, 0.6) is 5.75 Å². The molecule has 0 aliphatic carbocycles. The minimum atomic E-state index is -2.85. The Morgan fingerprint density at radius 3 is 2.85 bits per heavy atom. The molecule has 0 saturated carbocycles. The quantitative estimate of drug-likeness (QED) is 0.374. The van der Waals surface area contributed by atoms with Crippen molar-refractivity contribution in [3.63, 3.8) is 0 Å². The molecule has 3 rings (SSSR count). The summed E-state index contributed by atoms with van der Waals surface area (Å²) in [4.78, 5) is 4.62. The van der Waals surface area contributed by atoms with Crippen LogP contribution in [0.25, 0.3) is 0 Å². The molecular weight excluding hydrogens is 465 g/mol. The molecule has 1 fully saturated rings. The summed E-state index contributed by atoms with van der Waals surface area (Å²) in [6, 6.07) is 8.29. The van der Waals surface area contributed by atoms with Gasteiger partial charge in [-0.25, -0.2) is 8.42 Å². The first-order chi connectivity index (χ1) is 12.0. The van der Waals surface area contributed by atoms with E-state index in [0.29, 0.717) is 25.3 Å². The highest BCUT2D eigenvalue weighted by Crippen LogP contribution is 2.35. The third kappa shape index (κ3) is 5.25. The van der Waals surface area contributed by atoms with Crippen molar-refractivity contribution >= 4 is 39.8 Å². The van der Waals surface area contributed by atoms with E-state index in [4.69, 9.17) is 4.74 Å². The Labute approximate surface area is 173 Å². The van der Waals surface area contributed by atoms with Crippen molar-refractivity contribution in [3.05, 3.63) is 29.8 Å². The first kappa shape index (κ1) is 21.3. The molecule has 0 bridgehead atoms. The molecule has 0 aromatic heterocycles. The van der Waals surface area contributed by atoms with Gasteiger partial charge in [0.05, 0.1) is 18.1 Å². The van der Waals surface area contributed by atoms with Crippen LogP contribution in [0.15, 0.2) is 29.3 Å². The second kappa shape index (κ2) is 9.25. The summed E-state index contributed by atoms with van der Waals surface area (Å²) >= 11 is 0. The Morgan fingerprint density at radius 2 is 2.15 bits per heavy atom. The molecule has 2 aliphatic rings. The zero-order chi connectivity index (χ0) is 17.9. The fraction of sp³-hybridized carbons (Fsp3) is 0.611. The van der Waals surface area contributed by atoms with Gasteiger partial charge in [0, 0.05) is 30.6 Å². The number of halogens is 1. The molecule has 8 heteroatoms. The summed E-state index contributed by atoms with van der Waals surface area (Å²) in [7, 11) is -2.85. The second-order valence-electron chi connectivity index (χ2n) is 6.88. The van der Waals surface area contributed by atoms with Crippen LogP contribution in [0, 0.1) is 5.92 Å². The van der Waals surface area contributed by atoms with Crippen molar-refractivity contribution in [2.45, 2.75) is 32.2 Å². The highest BCUT2D eigenvalue weighted by molar-refractivity contribution is 14.0. The average Bonchev–Trinajstić information content (AvgIpc) is 3.15.